The van der Waals surface area contributed by atoms with E-state index in [-0.39, 0.29) is 24.0 Å². The van der Waals surface area contributed by atoms with E-state index in [9.17, 15) is 14.0 Å². The normalized spacial score (nSPS) is 18.0. The molecule has 0 spiro atoms. The van der Waals surface area contributed by atoms with Gasteiger partial charge in [0.05, 0.1) is 23.4 Å². The number of halogens is 1. The topological polar surface area (TPSA) is 77.1 Å². The molecule has 1 atom stereocenters. The summed E-state index contributed by atoms with van der Waals surface area (Å²) in [6.45, 7) is 5.18. The Morgan fingerprint density at radius 3 is 2.67 bits per heavy atom. The van der Waals surface area contributed by atoms with Crippen LogP contribution in [0.15, 0.2) is 53.7 Å². The molecule has 7 nitrogen and oxygen atoms in total. The van der Waals surface area contributed by atoms with E-state index in [1.807, 2.05) is 0 Å². The van der Waals surface area contributed by atoms with Crippen molar-refractivity contribution in [2.45, 2.75) is 32.9 Å². The number of ether oxygens (including phenoxy) is 3. The van der Waals surface area contributed by atoms with Gasteiger partial charge in [0.1, 0.15) is 5.82 Å². The summed E-state index contributed by atoms with van der Waals surface area (Å²) in [7, 11) is 0. The van der Waals surface area contributed by atoms with Gasteiger partial charge in [-0.2, -0.15) is 0 Å². The van der Waals surface area contributed by atoms with Crippen LogP contribution in [-0.2, 0) is 9.53 Å². The Hall–Kier alpha value is -3.55. The molecule has 4 rings (SSSR count). The maximum atomic E-state index is 14.5. The van der Waals surface area contributed by atoms with Crippen LogP contribution in [0.4, 0.5) is 14.9 Å². The largest absolute Gasteiger partial charge is 0.459 e. The first-order valence-corrected chi connectivity index (χ1v) is 9.53. The molecule has 0 saturated carbocycles. The fraction of sp³-hybridized carbons (Fsp3) is 0.273. The van der Waals surface area contributed by atoms with Gasteiger partial charge >= 0.3 is 12.0 Å². The van der Waals surface area contributed by atoms with Gasteiger partial charge in [-0.1, -0.05) is 18.2 Å². The number of anilines is 1. The molecule has 2 aliphatic rings. The molecule has 0 radical (unpaired) electrons. The molecule has 2 heterocycles. The maximum absolute atomic E-state index is 14.5. The Labute approximate surface area is 173 Å². The van der Waals surface area contributed by atoms with E-state index < -0.39 is 23.9 Å². The fourth-order valence-corrected chi connectivity index (χ4v) is 3.56. The lowest BCUT2D eigenvalue weighted by Crippen LogP contribution is -2.48. The molecule has 30 heavy (non-hydrogen) atoms. The highest BCUT2D eigenvalue weighted by molar-refractivity contribution is 6.03. The number of hydrogen-bond acceptors (Lipinski definition) is 5. The third-order valence-electron chi connectivity index (χ3n) is 4.88. The molecule has 0 bridgehead atoms. The van der Waals surface area contributed by atoms with Crippen LogP contribution >= 0.6 is 0 Å². The highest BCUT2D eigenvalue weighted by Gasteiger charge is 2.38. The molecule has 2 amide bonds. The van der Waals surface area contributed by atoms with Gasteiger partial charge in [0.15, 0.2) is 11.5 Å². The second-order valence-electron chi connectivity index (χ2n) is 7.23. The lowest BCUT2D eigenvalue weighted by Gasteiger charge is -2.35. The summed E-state index contributed by atoms with van der Waals surface area (Å²) < 4.78 is 30.6. The van der Waals surface area contributed by atoms with Gasteiger partial charge in [0.2, 0.25) is 6.79 Å². The van der Waals surface area contributed by atoms with Crippen molar-refractivity contribution in [2.75, 3.05) is 11.7 Å². The summed E-state index contributed by atoms with van der Waals surface area (Å²) in [6, 6.07) is 9.56. The van der Waals surface area contributed by atoms with Crippen LogP contribution in [-0.4, -0.2) is 24.9 Å². The summed E-state index contributed by atoms with van der Waals surface area (Å²) in [4.78, 5) is 27.3. The monoisotopic (exact) mass is 412 g/mol. The molecule has 2 aliphatic heterocycles. The Morgan fingerprint density at radius 1 is 1.20 bits per heavy atom. The third kappa shape index (κ3) is 3.45. The number of hydrogen-bond donors (Lipinski definition) is 1. The van der Waals surface area contributed by atoms with E-state index >= 15 is 0 Å². The minimum absolute atomic E-state index is 0.0983. The lowest BCUT2D eigenvalue weighted by molar-refractivity contribution is -0.143. The van der Waals surface area contributed by atoms with Gasteiger partial charge in [-0.15, -0.1) is 0 Å². The average molecular weight is 412 g/mol. The summed E-state index contributed by atoms with van der Waals surface area (Å²) >= 11 is 0. The Balaban J connectivity index is 1.83. The standard InChI is InChI=1S/C22H21FN2O5/c1-12(2)30-21(26)19-13(3)25(14-8-9-17-18(10-14)29-11-28-17)22(27)24-20(19)15-6-4-5-7-16(15)23/h4-10,12,20H,11H2,1-3H3,(H,24,27)/t20-/m0/s1. The van der Waals surface area contributed by atoms with E-state index in [4.69, 9.17) is 14.2 Å². The van der Waals surface area contributed by atoms with E-state index in [1.165, 1.54) is 17.0 Å². The van der Waals surface area contributed by atoms with Crippen LogP contribution in [0, 0.1) is 5.82 Å². The Morgan fingerprint density at radius 2 is 1.93 bits per heavy atom. The second-order valence-corrected chi connectivity index (χ2v) is 7.23. The number of urea groups is 1. The van der Waals surface area contributed by atoms with Crippen molar-refractivity contribution in [1.82, 2.24) is 5.32 Å². The van der Waals surface area contributed by atoms with Gasteiger partial charge in [-0.25, -0.2) is 14.0 Å². The van der Waals surface area contributed by atoms with Crippen molar-refractivity contribution >= 4 is 17.7 Å². The maximum Gasteiger partial charge on any atom is 0.338 e. The number of fused-ring (bicyclic) bond motifs is 1. The van der Waals surface area contributed by atoms with Gasteiger partial charge in [0.25, 0.3) is 0 Å². The van der Waals surface area contributed by atoms with Gasteiger partial charge in [-0.05, 0) is 39.0 Å². The Kier molecular flexibility index (Phi) is 5.07. The molecule has 2 aromatic rings. The van der Waals surface area contributed by atoms with Crippen LogP contribution in [0.25, 0.3) is 0 Å². The molecule has 0 aliphatic carbocycles. The molecule has 0 aromatic heterocycles. The molecule has 0 saturated heterocycles. The lowest BCUT2D eigenvalue weighted by atomic mass is 9.94. The molecule has 2 aromatic carbocycles. The fourth-order valence-electron chi connectivity index (χ4n) is 3.56. The highest BCUT2D eigenvalue weighted by Crippen LogP contribution is 2.39. The zero-order valence-electron chi connectivity index (χ0n) is 16.8. The minimum atomic E-state index is -0.977. The quantitative estimate of drug-likeness (QED) is 0.767. The second kappa shape index (κ2) is 7.70. The molecule has 156 valence electrons. The van der Waals surface area contributed by atoms with Crippen molar-refractivity contribution in [3.63, 3.8) is 0 Å². The summed E-state index contributed by atoms with van der Waals surface area (Å²) in [5, 5.41) is 2.74. The molecule has 8 heteroatoms. The predicted molar refractivity (Wildman–Crippen MR) is 107 cm³/mol. The summed E-state index contributed by atoms with van der Waals surface area (Å²) in [5.74, 6) is -0.0828. The number of nitrogens with zero attached hydrogens (tertiary/aromatic N) is 1. The SMILES string of the molecule is CC1=C(C(=O)OC(C)C)[C@H](c2ccccc2F)NC(=O)N1c1ccc2c(c1)OCO2. The number of carbonyl (C=O) groups excluding carboxylic acids is 2. The van der Waals surface area contributed by atoms with Crippen molar-refractivity contribution in [3.8, 4) is 11.5 Å². The van der Waals surface area contributed by atoms with E-state index in [2.05, 4.69) is 5.32 Å². The first kappa shape index (κ1) is 19.8. The van der Waals surface area contributed by atoms with Crippen molar-refractivity contribution in [2.24, 2.45) is 0 Å². The van der Waals surface area contributed by atoms with Crippen LogP contribution in [0.5, 0.6) is 11.5 Å². The smallest absolute Gasteiger partial charge is 0.338 e. The minimum Gasteiger partial charge on any atom is -0.459 e. The zero-order valence-corrected chi connectivity index (χ0v) is 16.8. The summed E-state index contributed by atoms with van der Waals surface area (Å²) in [6.07, 6.45) is -0.379. The van der Waals surface area contributed by atoms with Gasteiger partial charge in [-0.3, -0.25) is 4.90 Å². The number of rotatable bonds is 4. The number of allylic oxidation sites excluding steroid dienone is 1. The third-order valence-corrected chi connectivity index (χ3v) is 4.88. The number of benzene rings is 2. The van der Waals surface area contributed by atoms with Crippen LogP contribution in [0.3, 0.4) is 0 Å². The van der Waals surface area contributed by atoms with Gasteiger partial charge in [0, 0.05) is 17.3 Å². The average Bonchev–Trinajstić information content (AvgIpc) is 3.15. The molecule has 0 fully saturated rings. The zero-order chi connectivity index (χ0) is 21.4. The molecular weight excluding hydrogens is 391 g/mol. The van der Waals surface area contributed by atoms with E-state index in [0.717, 1.165) is 0 Å². The van der Waals surface area contributed by atoms with Crippen LogP contribution in [0.2, 0.25) is 0 Å². The van der Waals surface area contributed by atoms with Crippen molar-refractivity contribution in [1.29, 1.82) is 0 Å². The molecular formula is C22H21FN2O5. The van der Waals surface area contributed by atoms with Crippen molar-refractivity contribution < 1.29 is 28.2 Å². The highest BCUT2D eigenvalue weighted by atomic mass is 19.1. The summed E-state index contributed by atoms with van der Waals surface area (Å²) in [5.41, 5.74) is 1.17. The van der Waals surface area contributed by atoms with Gasteiger partial charge < -0.3 is 19.5 Å². The van der Waals surface area contributed by atoms with E-state index in [0.29, 0.717) is 22.9 Å². The first-order chi connectivity index (χ1) is 14.4. The first-order valence-electron chi connectivity index (χ1n) is 9.53. The number of amides is 2. The van der Waals surface area contributed by atoms with Crippen LogP contribution in [0.1, 0.15) is 32.4 Å². The Bertz CT molecular complexity index is 1050. The molecule has 1 N–H and O–H groups in total. The number of carbonyl (C=O) groups is 2. The number of esters is 1. The predicted octanol–water partition coefficient (Wildman–Crippen LogP) is 4.05. The van der Waals surface area contributed by atoms with Crippen molar-refractivity contribution in [3.05, 3.63) is 65.1 Å². The van der Waals surface area contributed by atoms with E-state index in [1.54, 1.807) is 51.1 Å². The van der Waals surface area contributed by atoms with Crippen LogP contribution < -0.4 is 19.7 Å². The number of nitrogens with one attached hydrogen (secondary N) is 1. The molecule has 0 unspecified atom stereocenters.